The van der Waals surface area contributed by atoms with Gasteiger partial charge in [0.2, 0.25) is 0 Å². The van der Waals surface area contributed by atoms with Crippen molar-refractivity contribution in [3.8, 4) is 0 Å². The van der Waals surface area contributed by atoms with Gasteiger partial charge in [0.15, 0.2) is 0 Å². The van der Waals surface area contributed by atoms with E-state index < -0.39 is 0 Å². The molecule has 0 amide bonds. The largest absolute Gasteiger partial charge is 0.383 e. The summed E-state index contributed by atoms with van der Waals surface area (Å²) in [6.07, 6.45) is 2.67. The number of rotatable bonds is 5. The van der Waals surface area contributed by atoms with Crippen molar-refractivity contribution in [3.05, 3.63) is 27.3 Å². The summed E-state index contributed by atoms with van der Waals surface area (Å²) in [5.74, 6) is 0.803. The summed E-state index contributed by atoms with van der Waals surface area (Å²) in [4.78, 5) is 0. The topological polar surface area (TPSA) is 21.3 Å². The molecule has 1 aliphatic carbocycles. The first-order valence-corrected chi connectivity index (χ1v) is 6.81. The maximum Gasteiger partial charge on any atom is 0.0666 e. The highest BCUT2D eigenvalue weighted by Gasteiger charge is 2.31. The SMILES string of the molecule is COCC(Nc1cccc(I)c1C)C1CC1. The molecule has 1 aliphatic rings. The molecule has 0 saturated heterocycles. The lowest BCUT2D eigenvalue weighted by Crippen LogP contribution is -2.27. The summed E-state index contributed by atoms with van der Waals surface area (Å²) in [5.41, 5.74) is 2.59. The summed E-state index contributed by atoms with van der Waals surface area (Å²) < 4.78 is 6.60. The third-order valence-corrected chi connectivity index (χ3v) is 4.31. The average Bonchev–Trinajstić information content (AvgIpc) is 3.07. The van der Waals surface area contributed by atoms with Crippen molar-refractivity contribution in [2.24, 2.45) is 5.92 Å². The van der Waals surface area contributed by atoms with Crippen LogP contribution in [0.4, 0.5) is 5.69 Å². The Kier molecular flexibility index (Phi) is 4.08. The van der Waals surface area contributed by atoms with Crippen LogP contribution in [-0.2, 0) is 4.74 Å². The lowest BCUT2D eigenvalue weighted by atomic mass is 10.1. The number of halogens is 1. The van der Waals surface area contributed by atoms with Gasteiger partial charge in [0.25, 0.3) is 0 Å². The molecule has 1 fully saturated rings. The maximum absolute atomic E-state index is 5.28. The van der Waals surface area contributed by atoms with E-state index in [1.165, 1.54) is 27.7 Å². The highest BCUT2D eigenvalue weighted by Crippen LogP contribution is 2.35. The van der Waals surface area contributed by atoms with Crippen LogP contribution in [0.5, 0.6) is 0 Å². The van der Waals surface area contributed by atoms with E-state index in [-0.39, 0.29) is 0 Å². The van der Waals surface area contributed by atoms with E-state index in [0.717, 1.165) is 12.5 Å². The Morgan fingerprint density at radius 2 is 2.25 bits per heavy atom. The van der Waals surface area contributed by atoms with E-state index in [0.29, 0.717) is 6.04 Å². The van der Waals surface area contributed by atoms with Crippen LogP contribution in [0.2, 0.25) is 0 Å². The molecule has 1 unspecified atom stereocenters. The number of nitrogens with one attached hydrogen (secondary N) is 1. The first kappa shape index (κ1) is 12.2. The van der Waals surface area contributed by atoms with Crippen LogP contribution >= 0.6 is 22.6 Å². The molecule has 0 bridgehead atoms. The van der Waals surface area contributed by atoms with Crippen LogP contribution in [0.15, 0.2) is 18.2 Å². The Bertz CT molecular complexity index is 363. The molecular weight excluding hydrogens is 313 g/mol. The summed E-state index contributed by atoms with van der Waals surface area (Å²) in [7, 11) is 1.78. The normalized spacial score (nSPS) is 17.2. The zero-order chi connectivity index (χ0) is 11.5. The molecule has 0 aromatic heterocycles. The van der Waals surface area contributed by atoms with Gasteiger partial charge >= 0.3 is 0 Å². The van der Waals surface area contributed by atoms with Crippen LogP contribution in [0.1, 0.15) is 18.4 Å². The van der Waals surface area contributed by atoms with Crippen LogP contribution < -0.4 is 5.32 Å². The number of methoxy groups -OCH3 is 1. The van der Waals surface area contributed by atoms with Gasteiger partial charge in [-0.2, -0.15) is 0 Å². The van der Waals surface area contributed by atoms with Gasteiger partial charge < -0.3 is 10.1 Å². The molecule has 1 N–H and O–H groups in total. The Morgan fingerprint density at radius 1 is 1.50 bits per heavy atom. The second-order valence-electron chi connectivity index (χ2n) is 4.46. The van der Waals surface area contributed by atoms with Crippen molar-refractivity contribution < 1.29 is 4.74 Å². The predicted molar refractivity (Wildman–Crippen MR) is 75.9 cm³/mol. The van der Waals surface area contributed by atoms with Gasteiger partial charge in [-0.1, -0.05) is 6.07 Å². The molecular formula is C13H18INO. The quantitative estimate of drug-likeness (QED) is 0.835. The van der Waals surface area contributed by atoms with E-state index in [1.807, 2.05) is 0 Å². The first-order chi connectivity index (χ1) is 7.72. The Balaban J connectivity index is 2.08. The Labute approximate surface area is 111 Å². The van der Waals surface area contributed by atoms with Crippen molar-refractivity contribution >= 4 is 28.3 Å². The van der Waals surface area contributed by atoms with E-state index in [4.69, 9.17) is 4.74 Å². The van der Waals surface area contributed by atoms with E-state index in [2.05, 4.69) is 53.0 Å². The zero-order valence-corrected chi connectivity index (χ0v) is 12.0. The maximum atomic E-state index is 5.28. The van der Waals surface area contributed by atoms with E-state index in [1.54, 1.807) is 7.11 Å². The predicted octanol–water partition coefficient (Wildman–Crippen LogP) is 3.44. The van der Waals surface area contributed by atoms with Gasteiger partial charge in [-0.3, -0.25) is 0 Å². The third-order valence-electron chi connectivity index (χ3n) is 3.15. The van der Waals surface area contributed by atoms with Crippen LogP contribution in [0.25, 0.3) is 0 Å². The fourth-order valence-electron chi connectivity index (χ4n) is 1.94. The van der Waals surface area contributed by atoms with Crippen LogP contribution in [-0.4, -0.2) is 19.8 Å². The van der Waals surface area contributed by atoms with Gasteiger partial charge in [0.1, 0.15) is 0 Å². The van der Waals surface area contributed by atoms with Gasteiger partial charge in [-0.15, -0.1) is 0 Å². The zero-order valence-electron chi connectivity index (χ0n) is 9.79. The summed E-state index contributed by atoms with van der Waals surface area (Å²) in [5, 5.41) is 3.62. The Hall–Kier alpha value is -0.290. The lowest BCUT2D eigenvalue weighted by molar-refractivity contribution is 0.179. The van der Waals surface area contributed by atoms with E-state index in [9.17, 15) is 0 Å². The molecule has 88 valence electrons. The Morgan fingerprint density at radius 3 is 2.88 bits per heavy atom. The third kappa shape index (κ3) is 2.88. The fraction of sp³-hybridized carbons (Fsp3) is 0.538. The molecule has 2 nitrogen and oxygen atoms in total. The molecule has 1 atom stereocenters. The monoisotopic (exact) mass is 331 g/mol. The van der Waals surface area contributed by atoms with Crippen molar-refractivity contribution in [2.45, 2.75) is 25.8 Å². The highest BCUT2D eigenvalue weighted by molar-refractivity contribution is 14.1. The number of anilines is 1. The fourth-order valence-corrected chi connectivity index (χ4v) is 2.44. The van der Waals surface area contributed by atoms with Crippen molar-refractivity contribution in [2.75, 3.05) is 19.0 Å². The second-order valence-corrected chi connectivity index (χ2v) is 5.62. The molecule has 3 heteroatoms. The number of benzene rings is 1. The molecule has 0 aliphatic heterocycles. The summed E-state index contributed by atoms with van der Waals surface area (Å²) in [6.45, 7) is 2.97. The number of hydrogen-bond donors (Lipinski definition) is 1. The smallest absolute Gasteiger partial charge is 0.0666 e. The van der Waals surface area contributed by atoms with E-state index >= 15 is 0 Å². The molecule has 1 aromatic carbocycles. The number of ether oxygens (including phenoxy) is 1. The van der Waals surface area contributed by atoms with Gasteiger partial charge in [0, 0.05) is 16.4 Å². The molecule has 1 saturated carbocycles. The van der Waals surface area contributed by atoms with Gasteiger partial charge in [-0.25, -0.2) is 0 Å². The molecule has 0 spiro atoms. The van der Waals surface area contributed by atoms with Gasteiger partial charge in [-0.05, 0) is 66.0 Å². The molecule has 0 radical (unpaired) electrons. The summed E-state index contributed by atoms with van der Waals surface area (Å²) >= 11 is 2.38. The van der Waals surface area contributed by atoms with Gasteiger partial charge in [0.05, 0.1) is 12.6 Å². The molecule has 1 aromatic rings. The lowest BCUT2D eigenvalue weighted by Gasteiger charge is -2.20. The average molecular weight is 331 g/mol. The molecule has 2 rings (SSSR count). The minimum Gasteiger partial charge on any atom is -0.383 e. The standard InChI is InChI=1S/C13H18INO/c1-9-11(14)4-3-5-12(9)15-13(8-16-2)10-6-7-10/h3-5,10,13,15H,6-8H2,1-2H3. The first-order valence-electron chi connectivity index (χ1n) is 5.73. The summed E-state index contributed by atoms with van der Waals surface area (Å²) in [6, 6.07) is 6.88. The minimum absolute atomic E-state index is 0.474. The van der Waals surface area contributed by atoms with Crippen LogP contribution in [0, 0.1) is 16.4 Å². The van der Waals surface area contributed by atoms with Crippen molar-refractivity contribution in [1.29, 1.82) is 0 Å². The molecule has 0 heterocycles. The number of hydrogen-bond acceptors (Lipinski definition) is 2. The van der Waals surface area contributed by atoms with Crippen molar-refractivity contribution in [3.63, 3.8) is 0 Å². The van der Waals surface area contributed by atoms with Crippen LogP contribution in [0.3, 0.4) is 0 Å². The minimum atomic E-state index is 0.474. The second kappa shape index (κ2) is 5.36. The van der Waals surface area contributed by atoms with Crippen molar-refractivity contribution in [1.82, 2.24) is 0 Å². The highest BCUT2D eigenvalue weighted by atomic mass is 127. The molecule has 16 heavy (non-hydrogen) atoms.